The van der Waals surface area contributed by atoms with E-state index in [2.05, 4.69) is 37.3 Å². The Labute approximate surface area is 138 Å². The van der Waals surface area contributed by atoms with E-state index in [1.54, 1.807) is 0 Å². The zero-order valence-corrected chi connectivity index (χ0v) is 13.8. The van der Waals surface area contributed by atoms with Crippen LogP contribution in [0.1, 0.15) is 43.2 Å². The molecular weight excluding hydrogens is 290 g/mol. The van der Waals surface area contributed by atoms with Crippen molar-refractivity contribution in [3.63, 3.8) is 0 Å². The summed E-state index contributed by atoms with van der Waals surface area (Å²) in [6.07, 6.45) is 2.55. The molecule has 0 aliphatic rings. The Bertz CT molecular complexity index is 603. The summed E-state index contributed by atoms with van der Waals surface area (Å²) >= 11 is 5.94. The molecule has 0 spiro atoms. The predicted octanol–water partition coefficient (Wildman–Crippen LogP) is 5.66. The molecule has 2 atom stereocenters. The first-order chi connectivity index (χ1) is 10.8. The molecule has 0 saturated heterocycles. The standard InChI is InChI=1S/C20H22ClN/c1-2-19(17-10-5-3-6-11-17)20(16-22,14-9-15-21)18-12-7-4-8-13-18/h3-8,10-13,19H,2,9,14-15H2,1H3. The molecule has 0 aromatic heterocycles. The van der Waals surface area contributed by atoms with Crippen LogP contribution in [0.4, 0.5) is 0 Å². The predicted molar refractivity (Wildman–Crippen MR) is 93.2 cm³/mol. The summed E-state index contributed by atoms with van der Waals surface area (Å²) in [6.45, 7) is 2.16. The largest absolute Gasteiger partial charge is 0.197 e. The summed E-state index contributed by atoms with van der Waals surface area (Å²) in [5.41, 5.74) is 1.80. The minimum atomic E-state index is -0.522. The lowest BCUT2D eigenvalue weighted by molar-refractivity contribution is 0.392. The van der Waals surface area contributed by atoms with Crippen LogP contribution in [-0.4, -0.2) is 5.88 Å². The van der Waals surface area contributed by atoms with Gasteiger partial charge in [0, 0.05) is 11.8 Å². The van der Waals surface area contributed by atoms with Gasteiger partial charge in [-0.3, -0.25) is 0 Å². The quantitative estimate of drug-likeness (QED) is 0.605. The highest BCUT2D eigenvalue weighted by Gasteiger charge is 2.40. The number of nitriles is 1. The van der Waals surface area contributed by atoms with Crippen LogP contribution in [0.3, 0.4) is 0 Å². The number of alkyl halides is 1. The van der Waals surface area contributed by atoms with E-state index in [4.69, 9.17) is 11.6 Å². The lowest BCUT2D eigenvalue weighted by Gasteiger charge is -2.35. The van der Waals surface area contributed by atoms with E-state index < -0.39 is 5.41 Å². The molecule has 2 rings (SSSR count). The number of benzene rings is 2. The van der Waals surface area contributed by atoms with E-state index in [0.717, 1.165) is 24.8 Å². The average Bonchev–Trinajstić information content (AvgIpc) is 2.60. The van der Waals surface area contributed by atoms with E-state index in [-0.39, 0.29) is 5.92 Å². The molecule has 1 nitrogen and oxygen atoms in total. The van der Waals surface area contributed by atoms with Crippen LogP contribution in [0, 0.1) is 11.3 Å². The summed E-state index contributed by atoms with van der Waals surface area (Å²) in [7, 11) is 0. The minimum absolute atomic E-state index is 0.171. The van der Waals surface area contributed by atoms with Crippen LogP contribution in [-0.2, 0) is 5.41 Å². The van der Waals surface area contributed by atoms with Crippen LogP contribution in [0.15, 0.2) is 60.7 Å². The van der Waals surface area contributed by atoms with Crippen molar-refractivity contribution in [2.45, 2.75) is 37.5 Å². The van der Waals surface area contributed by atoms with Gasteiger partial charge in [-0.2, -0.15) is 5.26 Å². The summed E-state index contributed by atoms with van der Waals surface area (Å²) in [5.74, 6) is 0.755. The van der Waals surface area contributed by atoms with Crippen LogP contribution < -0.4 is 0 Å². The third-order valence-electron chi connectivity index (χ3n) is 4.40. The van der Waals surface area contributed by atoms with E-state index >= 15 is 0 Å². The molecule has 114 valence electrons. The Balaban J connectivity index is 2.53. The highest BCUT2D eigenvalue weighted by atomic mass is 35.5. The molecule has 0 aliphatic heterocycles. The average molecular weight is 312 g/mol. The van der Waals surface area contributed by atoms with Crippen molar-refractivity contribution in [1.29, 1.82) is 5.26 Å². The molecule has 2 heteroatoms. The van der Waals surface area contributed by atoms with Gasteiger partial charge in [0.05, 0.1) is 11.5 Å². The fraction of sp³-hybridized carbons (Fsp3) is 0.350. The van der Waals surface area contributed by atoms with Gasteiger partial charge in [0.15, 0.2) is 0 Å². The fourth-order valence-electron chi connectivity index (χ4n) is 3.35. The molecule has 2 aromatic carbocycles. The Morgan fingerprint density at radius 3 is 2.14 bits per heavy atom. The lowest BCUT2D eigenvalue weighted by Crippen LogP contribution is -2.32. The van der Waals surface area contributed by atoms with Crippen molar-refractivity contribution < 1.29 is 0 Å². The second-order valence-corrected chi connectivity index (χ2v) is 5.99. The van der Waals surface area contributed by atoms with Gasteiger partial charge >= 0.3 is 0 Å². The second kappa shape index (κ2) is 8.01. The van der Waals surface area contributed by atoms with Gasteiger partial charge in [0.2, 0.25) is 0 Å². The molecule has 0 bridgehead atoms. The van der Waals surface area contributed by atoms with Gasteiger partial charge in [-0.05, 0) is 30.4 Å². The Hall–Kier alpha value is -1.78. The molecule has 2 unspecified atom stereocenters. The maximum Gasteiger partial charge on any atom is 0.0890 e. The fourth-order valence-corrected chi connectivity index (χ4v) is 3.49. The molecule has 0 amide bonds. The number of nitrogens with zero attached hydrogens (tertiary/aromatic N) is 1. The smallest absolute Gasteiger partial charge is 0.0890 e. The molecule has 22 heavy (non-hydrogen) atoms. The normalized spacial score (nSPS) is 14.8. The van der Waals surface area contributed by atoms with E-state index in [1.807, 2.05) is 36.4 Å². The Morgan fingerprint density at radius 2 is 1.64 bits per heavy atom. The topological polar surface area (TPSA) is 23.8 Å². The molecule has 0 radical (unpaired) electrons. The van der Waals surface area contributed by atoms with Crippen molar-refractivity contribution in [3.8, 4) is 6.07 Å². The van der Waals surface area contributed by atoms with Crippen molar-refractivity contribution in [2.75, 3.05) is 5.88 Å². The lowest BCUT2D eigenvalue weighted by atomic mass is 9.65. The maximum atomic E-state index is 10.1. The van der Waals surface area contributed by atoms with Gasteiger partial charge in [0.1, 0.15) is 0 Å². The number of rotatable bonds is 7. The van der Waals surface area contributed by atoms with E-state index in [0.29, 0.717) is 5.88 Å². The third kappa shape index (κ3) is 3.34. The number of hydrogen-bond donors (Lipinski definition) is 0. The summed E-state index contributed by atoms with van der Waals surface area (Å²) in [6, 6.07) is 23.2. The number of halogens is 1. The summed E-state index contributed by atoms with van der Waals surface area (Å²) in [4.78, 5) is 0. The van der Waals surface area contributed by atoms with E-state index in [9.17, 15) is 5.26 Å². The molecule has 0 aliphatic carbocycles. The van der Waals surface area contributed by atoms with E-state index in [1.165, 1.54) is 5.56 Å². The number of hydrogen-bond acceptors (Lipinski definition) is 1. The zero-order chi connectivity index (χ0) is 15.8. The van der Waals surface area contributed by atoms with Crippen LogP contribution in [0.5, 0.6) is 0 Å². The van der Waals surface area contributed by atoms with Crippen LogP contribution >= 0.6 is 11.6 Å². The van der Waals surface area contributed by atoms with Crippen molar-refractivity contribution in [1.82, 2.24) is 0 Å². The minimum Gasteiger partial charge on any atom is -0.197 e. The van der Waals surface area contributed by atoms with Crippen LogP contribution in [0.2, 0.25) is 0 Å². The molecular formula is C20H22ClN. The van der Waals surface area contributed by atoms with Crippen molar-refractivity contribution in [3.05, 3.63) is 71.8 Å². The zero-order valence-electron chi connectivity index (χ0n) is 13.0. The second-order valence-electron chi connectivity index (χ2n) is 5.61. The maximum absolute atomic E-state index is 10.1. The molecule has 2 aromatic rings. The first kappa shape index (κ1) is 16.6. The molecule has 0 fully saturated rings. The Morgan fingerprint density at radius 1 is 1.05 bits per heavy atom. The van der Waals surface area contributed by atoms with Gasteiger partial charge in [-0.15, -0.1) is 11.6 Å². The molecule has 0 heterocycles. The highest BCUT2D eigenvalue weighted by molar-refractivity contribution is 6.17. The first-order valence-corrected chi connectivity index (χ1v) is 8.39. The van der Waals surface area contributed by atoms with Crippen molar-refractivity contribution >= 4 is 11.6 Å². The molecule has 0 saturated carbocycles. The summed E-state index contributed by atoms with van der Waals surface area (Å²) < 4.78 is 0. The van der Waals surface area contributed by atoms with Gasteiger partial charge in [-0.1, -0.05) is 67.6 Å². The summed E-state index contributed by atoms with van der Waals surface area (Å²) in [5, 5.41) is 10.1. The SMILES string of the molecule is CCC(c1ccccc1)C(C#N)(CCCCl)c1ccccc1. The first-order valence-electron chi connectivity index (χ1n) is 7.86. The third-order valence-corrected chi connectivity index (χ3v) is 4.67. The molecule has 0 N–H and O–H groups in total. The van der Waals surface area contributed by atoms with Crippen molar-refractivity contribution in [2.24, 2.45) is 0 Å². The van der Waals surface area contributed by atoms with Gasteiger partial charge in [0.25, 0.3) is 0 Å². The van der Waals surface area contributed by atoms with Crippen LogP contribution in [0.25, 0.3) is 0 Å². The monoisotopic (exact) mass is 311 g/mol. The van der Waals surface area contributed by atoms with Gasteiger partial charge < -0.3 is 0 Å². The van der Waals surface area contributed by atoms with Gasteiger partial charge in [-0.25, -0.2) is 0 Å². The Kier molecular flexibility index (Phi) is 6.04. The highest BCUT2D eigenvalue weighted by Crippen LogP contribution is 2.44.